The van der Waals surface area contributed by atoms with Crippen LogP contribution in [0.2, 0.25) is 0 Å². The maximum atomic E-state index is 10.6. The fourth-order valence-corrected chi connectivity index (χ4v) is 2.65. The van der Waals surface area contributed by atoms with Crippen LogP contribution in [0.4, 0.5) is 0 Å². The highest BCUT2D eigenvalue weighted by molar-refractivity contribution is 5.85. The number of nitrogens with zero attached hydrogens (tertiary/aromatic N) is 2. The van der Waals surface area contributed by atoms with Gasteiger partial charge in [0.2, 0.25) is 0 Å². The molecule has 1 aliphatic rings. The Morgan fingerprint density at radius 1 is 1.24 bits per heavy atom. The normalized spacial score (nSPS) is 17.4. The zero-order valence-corrected chi connectivity index (χ0v) is 12.7. The molecule has 1 aliphatic heterocycles. The first-order valence-corrected chi connectivity index (χ1v) is 7.55. The van der Waals surface area contributed by atoms with Gasteiger partial charge in [0.15, 0.2) is 0 Å². The Morgan fingerprint density at radius 3 is 2.67 bits per heavy atom. The van der Waals surface area contributed by atoms with Crippen molar-refractivity contribution in [3.8, 4) is 0 Å². The lowest BCUT2D eigenvalue weighted by Crippen LogP contribution is -2.44. The fraction of sp³-hybridized carbons (Fsp3) is 0.471. The van der Waals surface area contributed by atoms with E-state index < -0.39 is 5.97 Å². The average molecular weight is 288 g/mol. The van der Waals surface area contributed by atoms with Gasteiger partial charge in [-0.25, -0.2) is 4.79 Å². The zero-order chi connectivity index (χ0) is 15.1. The summed E-state index contributed by atoms with van der Waals surface area (Å²) in [5.41, 5.74) is 2.24. The Kier molecular flexibility index (Phi) is 5.96. The van der Waals surface area contributed by atoms with Crippen molar-refractivity contribution in [3.63, 3.8) is 0 Å². The molecule has 21 heavy (non-hydrogen) atoms. The van der Waals surface area contributed by atoms with Gasteiger partial charge in [-0.15, -0.1) is 0 Å². The Balaban J connectivity index is 1.84. The highest BCUT2D eigenvalue weighted by atomic mass is 16.4. The summed E-state index contributed by atoms with van der Waals surface area (Å²) in [5, 5.41) is 8.74. The summed E-state index contributed by atoms with van der Waals surface area (Å²) in [7, 11) is 2.17. The van der Waals surface area contributed by atoms with Crippen LogP contribution in [0.25, 0.3) is 6.08 Å². The molecule has 1 aromatic rings. The largest absolute Gasteiger partial charge is 0.478 e. The molecule has 0 radical (unpaired) electrons. The summed E-state index contributed by atoms with van der Waals surface area (Å²) in [6, 6.07) is 8.03. The fourth-order valence-electron chi connectivity index (χ4n) is 2.65. The van der Waals surface area contributed by atoms with Crippen molar-refractivity contribution in [1.82, 2.24) is 9.80 Å². The van der Waals surface area contributed by atoms with Gasteiger partial charge in [0.1, 0.15) is 0 Å². The van der Waals surface area contributed by atoms with Crippen LogP contribution >= 0.6 is 0 Å². The summed E-state index contributed by atoms with van der Waals surface area (Å²) in [6.45, 7) is 5.72. The van der Waals surface area contributed by atoms with E-state index >= 15 is 0 Å². The van der Waals surface area contributed by atoms with Gasteiger partial charge < -0.3 is 14.9 Å². The summed E-state index contributed by atoms with van der Waals surface area (Å²) in [6.07, 6.45) is 5.00. The summed E-state index contributed by atoms with van der Waals surface area (Å²) in [5.74, 6) is -0.901. The molecule has 0 aromatic heterocycles. The number of carbonyl (C=O) groups is 1. The zero-order valence-electron chi connectivity index (χ0n) is 12.7. The van der Waals surface area contributed by atoms with Crippen LogP contribution in [0.15, 0.2) is 30.3 Å². The van der Waals surface area contributed by atoms with E-state index in [9.17, 15) is 4.79 Å². The molecule has 1 heterocycles. The molecule has 1 saturated heterocycles. The minimum absolute atomic E-state index is 0.901. The number of hydrogen-bond acceptors (Lipinski definition) is 3. The van der Waals surface area contributed by atoms with E-state index in [1.807, 2.05) is 18.2 Å². The lowest BCUT2D eigenvalue weighted by molar-refractivity contribution is -0.131. The third-order valence-electron chi connectivity index (χ3n) is 3.98. The molecule has 4 nitrogen and oxygen atoms in total. The SMILES string of the molecule is CN1CCN(CCCc2ccccc2/C=C/C(=O)O)CC1. The van der Waals surface area contributed by atoms with E-state index in [0.29, 0.717) is 0 Å². The number of benzene rings is 1. The molecule has 114 valence electrons. The number of carboxylic acid groups (broad SMARTS) is 1. The van der Waals surface area contributed by atoms with Crippen molar-refractivity contribution in [2.45, 2.75) is 12.8 Å². The molecule has 1 aromatic carbocycles. The first kappa shape index (κ1) is 15.7. The summed E-state index contributed by atoms with van der Waals surface area (Å²) in [4.78, 5) is 15.5. The quantitative estimate of drug-likeness (QED) is 0.813. The van der Waals surface area contributed by atoms with E-state index in [1.165, 1.54) is 11.6 Å². The van der Waals surface area contributed by atoms with Crippen LogP contribution in [0, 0.1) is 0 Å². The Hall–Kier alpha value is -1.65. The first-order valence-electron chi connectivity index (χ1n) is 7.55. The molecule has 1 N–H and O–H groups in total. The maximum Gasteiger partial charge on any atom is 0.328 e. The van der Waals surface area contributed by atoms with Gasteiger partial charge >= 0.3 is 5.97 Å². The molecular weight excluding hydrogens is 264 g/mol. The predicted octanol–water partition coefficient (Wildman–Crippen LogP) is 1.96. The molecule has 1 fully saturated rings. The second-order valence-corrected chi connectivity index (χ2v) is 5.62. The summed E-state index contributed by atoms with van der Waals surface area (Å²) < 4.78 is 0. The van der Waals surface area contributed by atoms with E-state index in [0.717, 1.165) is 51.1 Å². The van der Waals surface area contributed by atoms with Crippen molar-refractivity contribution < 1.29 is 9.90 Å². The Morgan fingerprint density at radius 2 is 1.95 bits per heavy atom. The van der Waals surface area contributed by atoms with Gasteiger partial charge in [-0.05, 0) is 43.6 Å². The van der Waals surface area contributed by atoms with E-state index in [1.54, 1.807) is 6.08 Å². The molecule has 0 unspecified atom stereocenters. The standard InChI is InChI=1S/C17H24N2O2/c1-18-11-13-19(14-12-18)10-4-7-15-5-2-3-6-16(15)8-9-17(20)21/h2-3,5-6,8-9H,4,7,10-14H2,1H3,(H,20,21)/b9-8+. The number of carboxylic acids is 1. The highest BCUT2D eigenvalue weighted by Crippen LogP contribution is 2.13. The van der Waals surface area contributed by atoms with Crippen LogP contribution < -0.4 is 0 Å². The van der Waals surface area contributed by atoms with Crippen LogP contribution in [0.3, 0.4) is 0 Å². The molecular formula is C17H24N2O2. The van der Waals surface area contributed by atoms with Crippen LogP contribution in [-0.2, 0) is 11.2 Å². The number of aliphatic carboxylic acids is 1. The molecule has 0 aliphatic carbocycles. The van der Waals surface area contributed by atoms with Gasteiger partial charge in [0.25, 0.3) is 0 Å². The minimum Gasteiger partial charge on any atom is -0.478 e. The molecule has 0 saturated carbocycles. The van der Waals surface area contributed by atoms with Gasteiger partial charge in [-0.3, -0.25) is 0 Å². The number of piperazine rings is 1. The number of rotatable bonds is 6. The van der Waals surface area contributed by atoms with E-state index in [4.69, 9.17) is 5.11 Å². The van der Waals surface area contributed by atoms with E-state index in [2.05, 4.69) is 22.9 Å². The van der Waals surface area contributed by atoms with Gasteiger partial charge in [0.05, 0.1) is 0 Å². The smallest absolute Gasteiger partial charge is 0.328 e. The second kappa shape index (κ2) is 7.96. The molecule has 0 amide bonds. The molecule has 0 atom stereocenters. The Bertz CT molecular complexity index is 491. The van der Waals surface area contributed by atoms with Gasteiger partial charge in [-0.2, -0.15) is 0 Å². The summed E-state index contributed by atoms with van der Waals surface area (Å²) >= 11 is 0. The van der Waals surface area contributed by atoms with Gasteiger partial charge in [-0.1, -0.05) is 24.3 Å². The number of aryl methyl sites for hydroxylation is 1. The van der Waals surface area contributed by atoms with Crippen molar-refractivity contribution in [2.24, 2.45) is 0 Å². The van der Waals surface area contributed by atoms with Crippen molar-refractivity contribution in [3.05, 3.63) is 41.5 Å². The highest BCUT2D eigenvalue weighted by Gasteiger charge is 2.12. The third kappa shape index (κ3) is 5.33. The lowest BCUT2D eigenvalue weighted by atomic mass is 10.0. The second-order valence-electron chi connectivity index (χ2n) is 5.62. The molecule has 2 rings (SSSR count). The average Bonchev–Trinajstić information content (AvgIpc) is 2.48. The maximum absolute atomic E-state index is 10.6. The topological polar surface area (TPSA) is 43.8 Å². The van der Waals surface area contributed by atoms with E-state index in [-0.39, 0.29) is 0 Å². The first-order chi connectivity index (χ1) is 10.1. The molecule has 0 spiro atoms. The number of likely N-dealkylation sites (N-methyl/N-ethyl adjacent to an activating group) is 1. The third-order valence-corrected chi connectivity index (χ3v) is 3.98. The van der Waals surface area contributed by atoms with Crippen molar-refractivity contribution >= 4 is 12.0 Å². The molecule has 0 bridgehead atoms. The van der Waals surface area contributed by atoms with Crippen molar-refractivity contribution in [1.29, 1.82) is 0 Å². The number of hydrogen-bond donors (Lipinski definition) is 1. The van der Waals surface area contributed by atoms with Gasteiger partial charge in [0, 0.05) is 32.3 Å². The monoisotopic (exact) mass is 288 g/mol. The van der Waals surface area contributed by atoms with Crippen LogP contribution in [-0.4, -0.2) is 60.6 Å². The predicted molar refractivity (Wildman–Crippen MR) is 85.4 cm³/mol. The lowest BCUT2D eigenvalue weighted by Gasteiger charge is -2.32. The Labute approximate surface area is 126 Å². The van der Waals surface area contributed by atoms with Crippen molar-refractivity contribution in [2.75, 3.05) is 39.8 Å². The minimum atomic E-state index is -0.901. The van der Waals surface area contributed by atoms with Crippen LogP contribution in [0.5, 0.6) is 0 Å². The molecule has 4 heteroatoms. The van der Waals surface area contributed by atoms with Crippen LogP contribution in [0.1, 0.15) is 17.5 Å².